The van der Waals surface area contributed by atoms with E-state index in [4.69, 9.17) is 14.2 Å². The van der Waals surface area contributed by atoms with Crippen LogP contribution in [0.5, 0.6) is 0 Å². The number of amides is 1. The fourth-order valence-corrected chi connectivity index (χ4v) is 4.51. The molecule has 0 radical (unpaired) electrons. The maximum Gasteiger partial charge on any atom is 0.442 e. The van der Waals surface area contributed by atoms with Crippen molar-refractivity contribution in [1.82, 2.24) is 5.32 Å². The van der Waals surface area contributed by atoms with Crippen LogP contribution in [0, 0.1) is 5.41 Å². The molecule has 1 amide bonds. The third kappa shape index (κ3) is 3.59. The average molecular weight is 441 g/mol. The minimum Gasteiger partial charge on any atom is -0.467 e. The lowest BCUT2D eigenvalue weighted by atomic mass is 9.62. The number of rotatable bonds is 8. The molecule has 1 saturated carbocycles. The average Bonchev–Trinajstić information content (AvgIpc) is 3.35. The van der Waals surface area contributed by atoms with Crippen molar-refractivity contribution in [2.24, 2.45) is 15.6 Å². The number of hydrogen-bond donors (Lipinski definition) is 1. The number of benzene rings is 1. The summed E-state index contributed by atoms with van der Waals surface area (Å²) < 4.78 is 55.1. The highest BCUT2D eigenvalue weighted by molar-refractivity contribution is 5.91. The van der Waals surface area contributed by atoms with Gasteiger partial charge in [0.25, 0.3) is 5.91 Å². The number of carbonyl (C=O) groups is 2. The number of carbonyl (C=O) groups excluding carboxylic acids is 2. The monoisotopic (exact) mass is 441 g/mol. The Morgan fingerprint density at radius 3 is 2.35 bits per heavy atom. The first-order valence-corrected chi connectivity index (χ1v) is 9.71. The van der Waals surface area contributed by atoms with Gasteiger partial charge in [0.15, 0.2) is 0 Å². The summed E-state index contributed by atoms with van der Waals surface area (Å²) in [4.78, 5) is 25.1. The number of hydrogen-bond acceptors (Lipinski definition) is 7. The van der Waals surface area contributed by atoms with Gasteiger partial charge in [0.2, 0.25) is 0 Å². The molecule has 31 heavy (non-hydrogen) atoms. The molecule has 1 aromatic carbocycles. The van der Waals surface area contributed by atoms with E-state index in [1.54, 1.807) is 7.11 Å². The fourth-order valence-electron chi connectivity index (χ4n) is 4.51. The summed E-state index contributed by atoms with van der Waals surface area (Å²) in [5.74, 6) is -1.07. The summed E-state index contributed by atoms with van der Waals surface area (Å²) in [6.07, 6.45) is -3.55. The Labute approximate surface area is 176 Å². The predicted molar refractivity (Wildman–Crippen MR) is 98.9 cm³/mol. The van der Waals surface area contributed by atoms with Crippen LogP contribution < -0.4 is 5.32 Å². The van der Waals surface area contributed by atoms with Gasteiger partial charge >= 0.3 is 17.8 Å². The van der Waals surface area contributed by atoms with Crippen molar-refractivity contribution in [1.29, 1.82) is 0 Å². The van der Waals surface area contributed by atoms with Crippen LogP contribution in [-0.2, 0) is 35.9 Å². The molecule has 11 heteroatoms. The molecule has 1 unspecified atom stereocenters. The van der Waals surface area contributed by atoms with Crippen molar-refractivity contribution in [3.05, 3.63) is 35.4 Å². The number of halogens is 3. The predicted octanol–water partition coefficient (Wildman–Crippen LogP) is 2.26. The Morgan fingerprint density at radius 2 is 1.84 bits per heavy atom. The third-order valence-corrected chi connectivity index (χ3v) is 6.12. The van der Waals surface area contributed by atoms with Crippen molar-refractivity contribution >= 4 is 11.9 Å². The van der Waals surface area contributed by atoms with Crippen molar-refractivity contribution in [2.45, 2.75) is 42.7 Å². The molecule has 1 atom stereocenters. The number of alkyl halides is 3. The Hall–Kier alpha value is -2.53. The Morgan fingerprint density at radius 1 is 1.19 bits per heavy atom. The normalized spacial score (nSPS) is 28.5. The van der Waals surface area contributed by atoms with E-state index in [-0.39, 0.29) is 17.4 Å². The van der Waals surface area contributed by atoms with Gasteiger partial charge in [-0.2, -0.15) is 13.2 Å². The standard InChI is InChI=1S/C20H22F3N3O5/c1-29-10-17-8-18(9-17,31-11-17)16(28)24-14(15(27)30-2)7-12-3-5-13(6-4-12)19(25-26-19)20(21,22)23/h3-6,14H,7-11H2,1-2H3,(H,24,28). The van der Waals surface area contributed by atoms with Crippen LogP contribution >= 0.6 is 0 Å². The van der Waals surface area contributed by atoms with Crippen molar-refractivity contribution in [2.75, 3.05) is 27.4 Å². The summed E-state index contributed by atoms with van der Waals surface area (Å²) in [7, 11) is 2.79. The second-order valence-electron chi connectivity index (χ2n) is 8.39. The largest absolute Gasteiger partial charge is 0.467 e. The van der Waals surface area contributed by atoms with Gasteiger partial charge in [-0.25, -0.2) is 4.79 Å². The van der Waals surface area contributed by atoms with Gasteiger partial charge < -0.3 is 19.5 Å². The molecule has 3 heterocycles. The molecule has 1 aliphatic carbocycles. The zero-order valence-electron chi connectivity index (χ0n) is 17.0. The smallest absolute Gasteiger partial charge is 0.442 e. The number of nitrogens with one attached hydrogen (secondary N) is 1. The second-order valence-corrected chi connectivity index (χ2v) is 8.39. The summed E-state index contributed by atoms with van der Waals surface area (Å²) in [5, 5.41) is 9.02. The van der Waals surface area contributed by atoms with E-state index in [0.717, 1.165) is 0 Å². The van der Waals surface area contributed by atoms with Crippen molar-refractivity contribution < 1.29 is 37.0 Å². The summed E-state index contributed by atoms with van der Waals surface area (Å²) in [6, 6.07) is 4.43. The van der Waals surface area contributed by atoms with Crippen LogP contribution in [0.1, 0.15) is 24.0 Å². The van der Waals surface area contributed by atoms with Crippen LogP contribution in [0.4, 0.5) is 13.2 Å². The zero-order chi connectivity index (χ0) is 22.5. The van der Waals surface area contributed by atoms with Gasteiger partial charge in [-0.15, -0.1) is 10.2 Å². The van der Waals surface area contributed by atoms with Gasteiger partial charge in [0.1, 0.15) is 11.6 Å². The van der Waals surface area contributed by atoms with Crippen molar-refractivity contribution in [3.8, 4) is 0 Å². The van der Waals surface area contributed by atoms with E-state index >= 15 is 0 Å². The molecule has 3 fully saturated rings. The van der Waals surface area contributed by atoms with Crippen LogP contribution in [0.3, 0.4) is 0 Å². The second kappa shape index (κ2) is 7.27. The fraction of sp³-hybridized carbons (Fsp3) is 0.600. The first-order valence-electron chi connectivity index (χ1n) is 9.71. The van der Waals surface area contributed by atoms with Gasteiger partial charge in [-0.05, 0) is 18.4 Å². The van der Waals surface area contributed by atoms with E-state index in [1.165, 1.54) is 31.4 Å². The first kappa shape index (κ1) is 21.7. The summed E-state index contributed by atoms with van der Waals surface area (Å²) in [5.41, 5.74) is -3.22. The number of fused-ring (bicyclic) bond motifs is 1. The molecule has 8 nitrogen and oxygen atoms in total. The SMILES string of the molecule is COCC12COC(C(=O)NC(Cc3ccc(C4(C(F)(F)F)N=N4)cc3)C(=O)OC)(C1)C2. The van der Waals surface area contributed by atoms with Gasteiger partial charge in [0.05, 0.1) is 20.3 Å². The molecule has 168 valence electrons. The molecule has 1 N–H and O–H groups in total. The maximum absolute atomic E-state index is 13.1. The Kier molecular flexibility index (Phi) is 5.08. The molecule has 4 aliphatic rings. The third-order valence-electron chi connectivity index (χ3n) is 6.12. The summed E-state index contributed by atoms with van der Waals surface area (Å²) in [6.45, 7) is 0.905. The Balaban J connectivity index is 1.43. The highest BCUT2D eigenvalue weighted by Crippen LogP contribution is 2.58. The molecule has 3 aliphatic heterocycles. The van der Waals surface area contributed by atoms with Crippen LogP contribution in [0.2, 0.25) is 0 Å². The van der Waals surface area contributed by atoms with E-state index in [2.05, 4.69) is 15.5 Å². The minimum atomic E-state index is -4.61. The van der Waals surface area contributed by atoms with E-state index in [0.29, 0.717) is 31.6 Å². The van der Waals surface area contributed by atoms with Crippen molar-refractivity contribution in [3.63, 3.8) is 0 Å². The lowest BCUT2D eigenvalue weighted by molar-refractivity contribution is -0.166. The highest BCUT2D eigenvalue weighted by atomic mass is 19.4. The molecule has 5 rings (SSSR count). The van der Waals surface area contributed by atoms with E-state index in [9.17, 15) is 22.8 Å². The molecular weight excluding hydrogens is 419 g/mol. The zero-order valence-corrected chi connectivity index (χ0v) is 17.0. The number of esters is 1. The quantitative estimate of drug-likeness (QED) is 0.624. The van der Waals surface area contributed by atoms with Crippen LogP contribution in [0.25, 0.3) is 0 Å². The highest BCUT2D eigenvalue weighted by Gasteiger charge is 2.67. The van der Waals surface area contributed by atoms with E-state index in [1.807, 2.05) is 0 Å². The van der Waals surface area contributed by atoms with Gasteiger partial charge in [-0.3, -0.25) is 4.79 Å². The molecule has 2 saturated heterocycles. The van der Waals surface area contributed by atoms with Crippen LogP contribution in [0.15, 0.2) is 34.5 Å². The van der Waals surface area contributed by atoms with Crippen LogP contribution in [-0.4, -0.2) is 57.1 Å². The lowest BCUT2D eigenvalue weighted by Crippen LogP contribution is -2.59. The molecular formula is C20H22F3N3O5. The minimum absolute atomic E-state index is 0.0469. The molecule has 0 aromatic heterocycles. The number of nitrogens with zero attached hydrogens (tertiary/aromatic N) is 2. The topological polar surface area (TPSA) is 98.6 Å². The molecule has 1 aromatic rings. The van der Waals surface area contributed by atoms with Gasteiger partial charge in [0, 0.05) is 24.5 Å². The number of methoxy groups -OCH3 is 2. The van der Waals surface area contributed by atoms with Gasteiger partial charge in [-0.1, -0.05) is 24.3 Å². The number of ether oxygens (including phenoxy) is 3. The maximum atomic E-state index is 13.1. The Bertz CT molecular complexity index is 904. The first-order chi connectivity index (χ1) is 14.6. The molecule has 0 spiro atoms. The summed E-state index contributed by atoms with van der Waals surface area (Å²) >= 11 is 0. The molecule has 2 bridgehead atoms. The van der Waals surface area contributed by atoms with E-state index < -0.39 is 35.4 Å². The lowest BCUT2D eigenvalue weighted by Gasteiger charge is -2.43.